The van der Waals surface area contributed by atoms with Gasteiger partial charge in [-0.15, -0.1) is 11.3 Å². The first-order valence-electron chi connectivity index (χ1n) is 18.2. The molecule has 246 valence electrons. The second-order valence-corrected chi connectivity index (χ2v) is 15.2. The lowest BCUT2D eigenvalue weighted by Gasteiger charge is -2.11. The summed E-state index contributed by atoms with van der Waals surface area (Å²) < 4.78 is 7.55. The van der Waals surface area contributed by atoms with Crippen molar-refractivity contribution in [3.05, 3.63) is 182 Å². The molecule has 2 nitrogen and oxygen atoms in total. The van der Waals surface area contributed by atoms with Crippen LogP contribution in [-0.2, 0) is 0 Å². The van der Waals surface area contributed by atoms with Gasteiger partial charge in [0.1, 0.15) is 0 Å². The van der Waals surface area contributed by atoms with E-state index < -0.39 is 0 Å². The van der Waals surface area contributed by atoms with Crippen molar-refractivity contribution in [1.29, 1.82) is 0 Å². The van der Waals surface area contributed by atoms with Crippen LogP contribution in [0.1, 0.15) is 0 Å². The zero-order chi connectivity index (χ0) is 34.6. The van der Waals surface area contributed by atoms with Crippen molar-refractivity contribution in [3.8, 4) is 22.5 Å². The van der Waals surface area contributed by atoms with Crippen LogP contribution >= 0.6 is 11.3 Å². The molecule has 3 heterocycles. The van der Waals surface area contributed by atoms with Gasteiger partial charge in [-0.2, -0.15) is 0 Å². The van der Waals surface area contributed by atoms with Gasteiger partial charge in [0.2, 0.25) is 0 Å². The molecule has 12 aromatic rings. The number of hydrogen-bond donors (Lipinski definition) is 0. The second-order valence-electron chi connectivity index (χ2n) is 14.2. The van der Waals surface area contributed by atoms with Crippen LogP contribution in [0.2, 0.25) is 0 Å². The third-order valence-corrected chi connectivity index (χ3v) is 12.5. The smallest absolute Gasteiger partial charge is 0.0640 e. The lowest BCUT2D eigenvalue weighted by atomic mass is 10.00. The quantitative estimate of drug-likeness (QED) is 0.175. The van der Waals surface area contributed by atoms with E-state index in [0.717, 1.165) is 0 Å². The average molecular weight is 691 g/mol. The largest absolute Gasteiger partial charge is 0.309 e. The van der Waals surface area contributed by atoms with Crippen LogP contribution in [0.3, 0.4) is 0 Å². The summed E-state index contributed by atoms with van der Waals surface area (Å²) in [5.41, 5.74) is 9.73. The first kappa shape index (κ1) is 29.0. The minimum Gasteiger partial charge on any atom is -0.309 e. The fourth-order valence-electron chi connectivity index (χ4n) is 8.80. The van der Waals surface area contributed by atoms with Gasteiger partial charge in [0.15, 0.2) is 0 Å². The summed E-state index contributed by atoms with van der Waals surface area (Å²) in [4.78, 5) is 0. The molecule has 0 aliphatic heterocycles. The maximum absolute atomic E-state index is 2.50. The van der Waals surface area contributed by atoms with Crippen LogP contribution in [0.15, 0.2) is 182 Å². The molecule has 0 N–H and O–H groups in total. The summed E-state index contributed by atoms with van der Waals surface area (Å²) in [7, 11) is 0. The predicted molar refractivity (Wildman–Crippen MR) is 228 cm³/mol. The Labute approximate surface area is 309 Å². The Hall–Kier alpha value is -6.68. The number of aromatic nitrogens is 2. The van der Waals surface area contributed by atoms with E-state index in [2.05, 4.69) is 191 Å². The zero-order valence-electron chi connectivity index (χ0n) is 28.6. The molecule has 0 aliphatic rings. The van der Waals surface area contributed by atoms with E-state index in [-0.39, 0.29) is 0 Å². The van der Waals surface area contributed by atoms with Crippen LogP contribution in [0, 0.1) is 0 Å². The number of thiophene rings is 1. The van der Waals surface area contributed by atoms with E-state index in [1.807, 2.05) is 11.3 Å². The van der Waals surface area contributed by atoms with Gasteiger partial charge in [-0.1, -0.05) is 115 Å². The molecule has 0 aliphatic carbocycles. The molecule has 9 aromatic carbocycles. The third kappa shape index (κ3) is 4.20. The first-order valence-corrected chi connectivity index (χ1v) is 19.0. The van der Waals surface area contributed by atoms with Crippen LogP contribution in [0.5, 0.6) is 0 Å². The molecule has 0 radical (unpaired) electrons. The predicted octanol–water partition coefficient (Wildman–Crippen LogP) is 14.2. The van der Waals surface area contributed by atoms with E-state index in [9.17, 15) is 0 Å². The van der Waals surface area contributed by atoms with E-state index in [1.54, 1.807) is 0 Å². The maximum atomic E-state index is 2.50. The molecule has 12 rings (SSSR count). The number of hydrogen-bond acceptors (Lipinski definition) is 1. The van der Waals surface area contributed by atoms with E-state index in [4.69, 9.17) is 0 Å². The van der Waals surface area contributed by atoms with Gasteiger partial charge in [-0.3, -0.25) is 0 Å². The monoisotopic (exact) mass is 690 g/mol. The van der Waals surface area contributed by atoms with Gasteiger partial charge < -0.3 is 9.13 Å². The molecule has 0 fully saturated rings. The Kier molecular flexibility index (Phi) is 5.96. The molecule has 0 spiro atoms. The summed E-state index contributed by atoms with van der Waals surface area (Å²) in [5.74, 6) is 0. The first-order chi connectivity index (χ1) is 26.3. The Balaban J connectivity index is 1.09. The van der Waals surface area contributed by atoms with Crippen molar-refractivity contribution in [2.75, 3.05) is 0 Å². The van der Waals surface area contributed by atoms with Gasteiger partial charge in [0, 0.05) is 42.7 Å². The molecule has 0 saturated carbocycles. The fraction of sp³-hybridized carbons (Fsp3) is 0. The molecule has 0 atom stereocenters. The fourth-order valence-corrected chi connectivity index (χ4v) is 10.0. The topological polar surface area (TPSA) is 9.86 Å². The van der Waals surface area contributed by atoms with Gasteiger partial charge >= 0.3 is 0 Å². The van der Waals surface area contributed by atoms with Gasteiger partial charge in [-0.05, 0) is 99.4 Å². The minimum absolute atomic E-state index is 1.18. The highest BCUT2D eigenvalue weighted by Crippen LogP contribution is 2.43. The molecular weight excluding hydrogens is 661 g/mol. The summed E-state index contributed by atoms with van der Waals surface area (Å²) in [6.45, 7) is 0. The van der Waals surface area contributed by atoms with Gasteiger partial charge in [-0.25, -0.2) is 0 Å². The van der Waals surface area contributed by atoms with Crippen LogP contribution in [0.25, 0.3) is 108 Å². The number of para-hydroxylation sites is 1. The molecular formula is C50H30N2S. The lowest BCUT2D eigenvalue weighted by molar-refractivity contribution is 1.19. The van der Waals surface area contributed by atoms with Crippen LogP contribution in [-0.4, -0.2) is 9.13 Å². The molecule has 0 saturated heterocycles. The Morgan fingerprint density at radius 1 is 0.321 bits per heavy atom. The molecule has 3 heteroatoms. The Bertz CT molecular complexity index is 3470. The number of nitrogens with zero attached hydrogens (tertiary/aromatic N) is 2. The summed E-state index contributed by atoms with van der Waals surface area (Å²) in [6, 6.07) is 67.3. The molecule has 3 aromatic heterocycles. The minimum atomic E-state index is 1.18. The van der Waals surface area contributed by atoms with Gasteiger partial charge in [0.05, 0.1) is 32.5 Å². The van der Waals surface area contributed by atoms with Crippen molar-refractivity contribution >= 4 is 96.7 Å². The molecule has 0 amide bonds. The van der Waals surface area contributed by atoms with Crippen LogP contribution in [0.4, 0.5) is 0 Å². The Morgan fingerprint density at radius 3 is 1.72 bits per heavy atom. The maximum Gasteiger partial charge on any atom is 0.0640 e. The van der Waals surface area contributed by atoms with E-state index in [1.165, 1.54) is 108 Å². The van der Waals surface area contributed by atoms with Crippen molar-refractivity contribution in [2.45, 2.75) is 0 Å². The van der Waals surface area contributed by atoms with Crippen molar-refractivity contribution < 1.29 is 0 Å². The SMILES string of the molecule is c1ccc2cc(-n3c4ccccc4c4cc(-c5ccc6c(c5)c5cc7ccccc7cc5n6-c5cccc6c5sc5ccccc56)ccc43)ccc2c1. The number of rotatable bonds is 3. The highest BCUT2D eigenvalue weighted by Gasteiger charge is 2.19. The van der Waals surface area contributed by atoms with Crippen LogP contribution < -0.4 is 0 Å². The molecule has 0 unspecified atom stereocenters. The lowest BCUT2D eigenvalue weighted by Crippen LogP contribution is -1.94. The highest BCUT2D eigenvalue weighted by molar-refractivity contribution is 7.26. The molecule has 0 bridgehead atoms. The normalized spacial score (nSPS) is 12.2. The average Bonchev–Trinajstić information content (AvgIpc) is 3.87. The molecule has 53 heavy (non-hydrogen) atoms. The van der Waals surface area contributed by atoms with E-state index >= 15 is 0 Å². The van der Waals surface area contributed by atoms with Crippen molar-refractivity contribution in [2.24, 2.45) is 0 Å². The van der Waals surface area contributed by atoms with Crippen molar-refractivity contribution in [1.82, 2.24) is 9.13 Å². The second kappa shape index (κ2) is 10.9. The van der Waals surface area contributed by atoms with Crippen molar-refractivity contribution in [3.63, 3.8) is 0 Å². The van der Waals surface area contributed by atoms with E-state index in [0.29, 0.717) is 0 Å². The zero-order valence-corrected chi connectivity index (χ0v) is 29.4. The number of benzene rings is 9. The van der Waals surface area contributed by atoms with Gasteiger partial charge in [0.25, 0.3) is 0 Å². The standard InChI is InChI=1S/C50H30N2S/c1-2-11-32-26-37(23-20-31(32)10-1)51-44-17-7-5-14-38(44)41-28-35(21-24-45(41)51)36-22-25-46-42(29-36)43-27-33-12-3-4-13-34(33)30-48(43)52(46)47-18-9-16-40-39-15-6-8-19-49(39)53-50(40)47/h1-30H. The summed E-state index contributed by atoms with van der Waals surface area (Å²) >= 11 is 1.89. The third-order valence-electron chi connectivity index (χ3n) is 11.3. The summed E-state index contributed by atoms with van der Waals surface area (Å²) in [5, 5.41) is 12.7. The Morgan fingerprint density at radius 2 is 0.906 bits per heavy atom. The highest BCUT2D eigenvalue weighted by atomic mass is 32.1. The summed E-state index contributed by atoms with van der Waals surface area (Å²) in [6.07, 6.45) is 0. The number of fused-ring (bicyclic) bond motifs is 11.